The van der Waals surface area contributed by atoms with E-state index in [4.69, 9.17) is 16.3 Å². The number of ether oxygens (including phenoxy) is 1. The molecule has 0 radical (unpaired) electrons. The number of aromatic nitrogens is 3. The highest BCUT2D eigenvalue weighted by atomic mass is 35.5. The lowest BCUT2D eigenvalue weighted by Crippen LogP contribution is -2.44. The third-order valence-electron chi connectivity index (χ3n) is 8.37. The van der Waals surface area contributed by atoms with E-state index < -0.39 is 35.9 Å². The number of amides is 2. The number of carbonyl (C=O) groups excluding carboxylic acids is 2. The maximum atomic E-state index is 15.6. The molecule has 3 atom stereocenters. The number of fused-ring (bicyclic) bond motifs is 1. The smallest absolute Gasteiger partial charge is 0.247 e. The van der Waals surface area contributed by atoms with Crippen molar-refractivity contribution in [2.24, 2.45) is 0 Å². The molecule has 2 amide bonds. The molecule has 1 aliphatic heterocycles. The first-order valence-corrected chi connectivity index (χ1v) is 15.4. The predicted molar refractivity (Wildman–Crippen MR) is 175 cm³/mol. The second-order valence-corrected chi connectivity index (χ2v) is 11.9. The van der Waals surface area contributed by atoms with Gasteiger partial charge < -0.3 is 24.6 Å². The average Bonchev–Trinajstić information content (AvgIpc) is 3.62. The number of aliphatic hydroxyl groups is 1. The lowest BCUT2D eigenvalue weighted by Gasteiger charge is -2.24. The summed E-state index contributed by atoms with van der Waals surface area (Å²) < 4.78 is 37.7. The Balaban J connectivity index is 1.28. The van der Waals surface area contributed by atoms with Crippen molar-refractivity contribution in [3.8, 4) is 28.0 Å². The number of aryl methyl sites for hydroxylation is 1. The van der Waals surface area contributed by atoms with Gasteiger partial charge in [-0.1, -0.05) is 41.9 Å². The second kappa shape index (κ2) is 13.1. The van der Waals surface area contributed by atoms with Crippen LogP contribution < -0.4 is 10.1 Å². The molecule has 1 fully saturated rings. The van der Waals surface area contributed by atoms with Crippen LogP contribution in [0.2, 0.25) is 5.02 Å². The molecule has 2 N–H and O–H groups in total. The number of nitrogens with zero attached hydrogens (tertiary/aromatic N) is 4. The average molecular weight is 660 g/mol. The summed E-state index contributed by atoms with van der Waals surface area (Å²) >= 11 is 6.27. The van der Waals surface area contributed by atoms with Gasteiger partial charge in [0, 0.05) is 69.3 Å². The fraction of sp³-hybridized carbons (Fsp3) is 0.257. The molecule has 1 unspecified atom stereocenters. The first-order valence-electron chi connectivity index (χ1n) is 15.0. The highest BCUT2D eigenvalue weighted by molar-refractivity contribution is 6.33. The molecule has 0 spiro atoms. The Morgan fingerprint density at radius 1 is 1.11 bits per heavy atom. The Morgan fingerprint density at radius 2 is 1.83 bits per heavy atom. The molecule has 6 rings (SSSR count). The van der Waals surface area contributed by atoms with Crippen molar-refractivity contribution in [2.45, 2.75) is 45.1 Å². The number of methoxy groups -OCH3 is 1. The molecule has 9 nitrogen and oxygen atoms in total. The largest absolute Gasteiger partial charge is 0.496 e. The van der Waals surface area contributed by atoms with Crippen LogP contribution in [0, 0.1) is 12.7 Å². The molecule has 3 aromatic carbocycles. The zero-order chi connectivity index (χ0) is 33.4. The molecule has 12 heteroatoms. The molecule has 5 aromatic rings. The minimum absolute atomic E-state index is 0.109. The summed E-state index contributed by atoms with van der Waals surface area (Å²) in [5.41, 5.74) is 3.11. The van der Waals surface area contributed by atoms with E-state index in [9.17, 15) is 19.1 Å². The van der Waals surface area contributed by atoms with E-state index in [2.05, 4.69) is 15.3 Å². The molecule has 1 aliphatic rings. The monoisotopic (exact) mass is 659 g/mol. The van der Waals surface area contributed by atoms with E-state index >= 15 is 4.39 Å². The number of alkyl halides is 1. The van der Waals surface area contributed by atoms with Crippen LogP contribution in [0.15, 0.2) is 73.2 Å². The zero-order valence-corrected chi connectivity index (χ0v) is 26.6. The Kier molecular flexibility index (Phi) is 8.94. The number of halogens is 3. The second-order valence-electron chi connectivity index (χ2n) is 11.5. The van der Waals surface area contributed by atoms with E-state index in [-0.39, 0.29) is 30.8 Å². The highest BCUT2D eigenvalue weighted by Crippen LogP contribution is 2.38. The standard InChI is InChI=1S/C35H32ClF2N5O4/c1-19(44)27-17-42(30-13-32(47-3)25(12-26(27)30)21-14-39-20(2)40-15-21)18-33(45)43-16-22(37)11-31(43)35(46)41-29-10-6-8-24(34(29)38)23-7-4-5-9-28(23)36/h4-10,12-15,17,19,22,31,44H,11,16,18H2,1-3H3,(H,41,46)/t19?,22-,31+/m1/s1. The van der Waals surface area contributed by atoms with E-state index in [1.807, 2.05) is 6.07 Å². The quantitative estimate of drug-likeness (QED) is 0.197. The first kappa shape index (κ1) is 32.1. The van der Waals surface area contributed by atoms with Crippen LogP contribution >= 0.6 is 11.6 Å². The van der Waals surface area contributed by atoms with Crippen molar-refractivity contribution in [1.82, 2.24) is 19.4 Å². The summed E-state index contributed by atoms with van der Waals surface area (Å²) in [6.45, 7) is 2.87. The Labute approximate surface area is 274 Å². The van der Waals surface area contributed by atoms with Crippen molar-refractivity contribution >= 4 is 40.0 Å². The van der Waals surface area contributed by atoms with Crippen LogP contribution in [0.25, 0.3) is 33.2 Å². The van der Waals surface area contributed by atoms with Crippen LogP contribution in [0.4, 0.5) is 14.5 Å². The summed E-state index contributed by atoms with van der Waals surface area (Å²) in [5.74, 6) is -0.806. The van der Waals surface area contributed by atoms with Crippen molar-refractivity contribution in [2.75, 3.05) is 19.0 Å². The third-order valence-corrected chi connectivity index (χ3v) is 8.70. The number of aliphatic hydroxyl groups excluding tert-OH is 1. The molecular weight excluding hydrogens is 628 g/mol. The number of hydrogen-bond acceptors (Lipinski definition) is 6. The molecule has 2 aromatic heterocycles. The van der Waals surface area contributed by atoms with E-state index in [0.717, 1.165) is 0 Å². The number of anilines is 1. The topological polar surface area (TPSA) is 110 Å². The van der Waals surface area contributed by atoms with Gasteiger partial charge in [0.1, 0.15) is 30.3 Å². The number of nitrogens with one attached hydrogen (secondary N) is 1. The Hall–Kier alpha value is -4.87. The third kappa shape index (κ3) is 6.28. The molecule has 47 heavy (non-hydrogen) atoms. The van der Waals surface area contributed by atoms with E-state index in [1.165, 1.54) is 18.1 Å². The molecule has 0 bridgehead atoms. The number of benzene rings is 3. The number of likely N-dealkylation sites (tertiary alicyclic amines) is 1. The molecule has 0 saturated carbocycles. The van der Waals surface area contributed by atoms with Gasteiger partial charge in [-0.05, 0) is 32.0 Å². The van der Waals surface area contributed by atoms with Crippen LogP contribution in [-0.4, -0.2) is 62.2 Å². The van der Waals surface area contributed by atoms with Gasteiger partial charge in [-0.15, -0.1) is 0 Å². The van der Waals surface area contributed by atoms with E-state index in [1.54, 1.807) is 79.5 Å². The van der Waals surface area contributed by atoms with Gasteiger partial charge in [0.25, 0.3) is 0 Å². The van der Waals surface area contributed by atoms with Crippen LogP contribution in [0.1, 0.15) is 30.8 Å². The van der Waals surface area contributed by atoms with E-state index in [0.29, 0.717) is 49.8 Å². The number of carbonyl (C=O) groups is 2. The number of rotatable bonds is 8. The summed E-state index contributed by atoms with van der Waals surface area (Å²) in [6.07, 6.45) is 2.48. The van der Waals surface area contributed by atoms with Gasteiger partial charge in [0.2, 0.25) is 11.8 Å². The highest BCUT2D eigenvalue weighted by Gasteiger charge is 2.40. The maximum Gasteiger partial charge on any atom is 0.247 e. The van der Waals surface area contributed by atoms with Crippen LogP contribution in [0.3, 0.4) is 0 Å². The molecule has 1 saturated heterocycles. The summed E-state index contributed by atoms with van der Waals surface area (Å²) in [5, 5.41) is 14.2. The lowest BCUT2D eigenvalue weighted by molar-refractivity contribution is -0.137. The Bertz CT molecular complexity index is 1980. The summed E-state index contributed by atoms with van der Waals surface area (Å²) in [4.78, 5) is 36.9. The minimum atomic E-state index is -1.44. The molecular formula is C35H32ClF2N5O4. The van der Waals surface area contributed by atoms with Gasteiger partial charge in [-0.25, -0.2) is 18.7 Å². The van der Waals surface area contributed by atoms with Crippen molar-refractivity contribution in [1.29, 1.82) is 0 Å². The Morgan fingerprint density at radius 3 is 2.53 bits per heavy atom. The van der Waals surface area contributed by atoms with Crippen LogP contribution in [0.5, 0.6) is 5.75 Å². The SMILES string of the molecule is COc1cc2c(cc1-c1cnc(C)nc1)c(C(C)O)cn2CC(=O)N1C[C@H](F)C[C@H]1C(=O)Nc1cccc(-c2ccccc2Cl)c1F. The maximum absolute atomic E-state index is 15.6. The number of hydrogen-bond donors (Lipinski definition) is 2. The first-order chi connectivity index (χ1) is 22.5. The van der Waals surface area contributed by atoms with Crippen molar-refractivity contribution in [3.63, 3.8) is 0 Å². The van der Waals surface area contributed by atoms with Gasteiger partial charge in [0.05, 0.1) is 31.0 Å². The van der Waals surface area contributed by atoms with Crippen molar-refractivity contribution < 1.29 is 28.2 Å². The predicted octanol–water partition coefficient (Wildman–Crippen LogP) is 6.51. The van der Waals surface area contributed by atoms with Gasteiger partial charge in [0.15, 0.2) is 5.82 Å². The molecule has 3 heterocycles. The van der Waals surface area contributed by atoms with Gasteiger partial charge in [-0.2, -0.15) is 0 Å². The summed E-state index contributed by atoms with van der Waals surface area (Å²) in [7, 11) is 1.52. The zero-order valence-electron chi connectivity index (χ0n) is 25.9. The van der Waals surface area contributed by atoms with Gasteiger partial charge in [-0.3, -0.25) is 9.59 Å². The fourth-order valence-electron chi connectivity index (χ4n) is 6.01. The normalized spacial score (nSPS) is 16.8. The van der Waals surface area contributed by atoms with Crippen LogP contribution in [-0.2, 0) is 16.1 Å². The molecule has 242 valence electrons. The lowest BCUT2D eigenvalue weighted by atomic mass is 10.0. The fourth-order valence-corrected chi connectivity index (χ4v) is 6.25. The minimum Gasteiger partial charge on any atom is -0.496 e. The van der Waals surface area contributed by atoms with Gasteiger partial charge >= 0.3 is 0 Å². The van der Waals surface area contributed by atoms with Crippen molar-refractivity contribution in [3.05, 3.63) is 95.4 Å². The summed E-state index contributed by atoms with van der Waals surface area (Å²) in [6, 6.07) is 13.7. The molecule has 0 aliphatic carbocycles.